The molecule has 0 aliphatic carbocycles. The number of hydrogen-bond donors (Lipinski definition) is 2. The van der Waals surface area contributed by atoms with Gasteiger partial charge in [0, 0.05) is 0 Å². The number of nitrogens with two attached hydrogens (primary N) is 2. The quantitative estimate of drug-likeness (QED) is 0.597. The average Bonchev–Trinajstić information content (AvgIpc) is 2.14. The van der Waals surface area contributed by atoms with Gasteiger partial charge >= 0.3 is 0 Å². The van der Waals surface area contributed by atoms with Gasteiger partial charge in [0.05, 0.1) is 9.88 Å². The molecule has 0 radical (unpaired) electrons. The van der Waals surface area contributed by atoms with Gasteiger partial charge in [-0.15, -0.1) is 11.3 Å². The molecule has 1 amide bonds. The minimum absolute atomic E-state index is 0.420. The second kappa shape index (κ2) is 2.06. The smallest absolute Gasteiger partial charge is 0.258 e. The lowest BCUT2D eigenvalue weighted by Gasteiger charge is -1.81. The fourth-order valence-corrected chi connectivity index (χ4v) is 1.11. The molecule has 1 rings (SSSR count). The first-order valence-corrected chi connectivity index (χ1v) is 3.17. The molecule has 0 spiro atoms. The molecular weight excluding hydrogens is 136 g/mol. The topological polar surface area (TPSA) is 69.1 Å². The van der Waals surface area contributed by atoms with E-state index in [0.29, 0.717) is 9.88 Å². The van der Waals surface area contributed by atoms with Crippen LogP contribution in [0, 0.1) is 0 Å². The molecule has 0 aromatic carbocycles. The van der Waals surface area contributed by atoms with E-state index >= 15 is 0 Å². The second-order valence-electron chi connectivity index (χ2n) is 1.57. The highest BCUT2D eigenvalue weighted by Crippen LogP contribution is 2.16. The van der Waals surface area contributed by atoms with E-state index in [1.165, 1.54) is 11.3 Å². The number of hydrogen-bond acceptors (Lipinski definition) is 3. The van der Waals surface area contributed by atoms with Crippen LogP contribution in [-0.2, 0) is 0 Å². The van der Waals surface area contributed by atoms with E-state index < -0.39 is 5.91 Å². The van der Waals surface area contributed by atoms with Gasteiger partial charge in [0.25, 0.3) is 5.91 Å². The molecule has 4 N–H and O–H groups in total. The highest BCUT2D eigenvalue weighted by atomic mass is 32.1. The maximum atomic E-state index is 10.4. The predicted octanol–water partition coefficient (Wildman–Crippen LogP) is 0.429. The third kappa shape index (κ3) is 1.20. The first-order chi connectivity index (χ1) is 4.20. The van der Waals surface area contributed by atoms with Crippen molar-refractivity contribution in [3.63, 3.8) is 0 Å². The molecule has 0 aliphatic rings. The zero-order chi connectivity index (χ0) is 6.85. The number of nitrogen functional groups attached to an aromatic ring is 1. The lowest BCUT2D eigenvalue weighted by molar-refractivity contribution is 0.100. The monoisotopic (exact) mass is 142 g/mol. The van der Waals surface area contributed by atoms with Gasteiger partial charge in [0.1, 0.15) is 0 Å². The van der Waals surface area contributed by atoms with Crippen LogP contribution >= 0.6 is 11.3 Å². The summed E-state index contributed by atoms with van der Waals surface area (Å²) in [5, 5.41) is 0.615. The van der Waals surface area contributed by atoms with Crippen molar-refractivity contribution in [1.29, 1.82) is 0 Å². The molecule has 0 aliphatic heterocycles. The summed E-state index contributed by atoms with van der Waals surface area (Å²) in [5.74, 6) is -0.420. The Bertz CT molecular complexity index is 231. The fourth-order valence-electron chi connectivity index (χ4n) is 0.485. The first kappa shape index (κ1) is 6.10. The van der Waals surface area contributed by atoms with Crippen molar-refractivity contribution in [2.45, 2.75) is 0 Å². The maximum Gasteiger partial charge on any atom is 0.258 e. The summed E-state index contributed by atoms with van der Waals surface area (Å²) >= 11 is 1.20. The molecule has 1 heterocycles. The van der Waals surface area contributed by atoms with Gasteiger partial charge in [-0.3, -0.25) is 4.79 Å². The normalized spacial score (nSPS) is 9.33. The van der Waals surface area contributed by atoms with Crippen molar-refractivity contribution >= 4 is 22.2 Å². The van der Waals surface area contributed by atoms with Gasteiger partial charge in [-0.25, -0.2) is 0 Å². The molecule has 48 valence electrons. The van der Waals surface area contributed by atoms with Crippen LogP contribution < -0.4 is 11.5 Å². The Morgan fingerprint density at radius 1 is 1.56 bits per heavy atom. The summed E-state index contributed by atoms with van der Waals surface area (Å²) in [6.07, 6.45) is 0. The Kier molecular flexibility index (Phi) is 1.40. The standard InChI is InChI=1S/C5H6N2OS/c6-4-2-1-3(9-4)5(7)8/h1-2H,6H2,(H2,7,8). The summed E-state index contributed by atoms with van der Waals surface area (Å²) in [5.41, 5.74) is 10.3. The molecule has 0 fully saturated rings. The molecule has 9 heavy (non-hydrogen) atoms. The number of anilines is 1. The van der Waals surface area contributed by atoms with E-state index in [1.807, 2.05) is 0 Å². The number of rotatable bonds is 1. The Morgan fingerprint density at radius 2 is 2.22 bits per heavy atom. The van der Waals surface area contributed by atoms with E-state index in [0.717, 1.165) is 0 Å². The van der Waals surface area contributed by atoms with E-state index in [4.69, 9.17) is 11.5 Å². The van der Waals surface area contributed by atoms with Crippen molar-refractivity contribution < 1.29 is 4.79 Å². The van der Waals surface area contributed by atoms with Crippen LogP contribution in [0.15, 0.2) is 12.1 Å². The molecule has 0 atom stereocenters. The van der Waals surface area contributed by atoms with Crippen LogP contribution in [0.25, 0.3) is 0 Å². The number of thiophene rings is 1. The highest BCUT2D eigenvalue weighted by molar-refractivity contribution is 7.17. The van der Waals surface area contributed by atoms with Gasteiger partial charge in [-0.05, 0) is 12.1 Å². The summed E-state index contributed by atoms with van der Waals surface area (Å²) in [6, 6.07) is 3.27. The largest absolute Gasteiger partial charge is 0.391 e. The van der Waals surface area contributed by atoms with Crippen LogP contribution in [0.2, 0.25) is 0 Å². The molecule has 0 unspecified atom stereocenters. The molecular formula is C5H6N2OS. The third-order valence-corrected chi connectivity index (χ3v) is 1.80. The Hall–Kier alpha value is -1.03. The second-order valence-corrected chi connectivity index (χ2v) is 2.68. The van der Waals surface area contributed by atoms with Gasteiger partial charge in [-0.1, -0.05) is 0 Å². The predicted molar refractivity (Wildman–Crippen MR) is 37.2 cm³/mol. The van der Waals surface area contributed by atoms with E-state index in [9.17, 15) is 4.79 Å². The van der Waals surface area contributed by atoms with Crippen LogP contribution in [0.3, 0.4) is 0 Å². The van der Waals surface area contributed by atoms with Gasteiger partial charge in [0.15, 0.2) is 0 Å². The summed E-state index contributed by atoms with van der Waals surface area (Å²) < 4.78 is 0. The van der Waals surface area contributed by atoms with Gasteiger partial charge in [0.2, 0.25) is 0 Å². The number of carbonyl (C=O) groups is 1. The van der Waals surface area contributed by atoms with Crippen LogP contribution in [0.5, 0.6) is 0 Å². The van der Waals surface area contributed by atoms with Crippen molar-refractivity contribution in [3.8, 4) is 0 Å². The fraction of sp³-hybridized carbons (Fsp3) is 0. The van der Waals surface area contributed by atoms with Crippen molar-refractivity contribution in [2.24, 2.45) is 5.73 Å². The maximum absolute atomic E-state index is 10.4. The Balaban J connectivity index is 2.98. The minimum atomic E-state index is -0.420. The number of primary amides is 1. The highest BCUT2D eigenvalue weighted by Gasteiger charge is 2.00. The van der Waals surface area contributed by atoms with Gasteiger partial charge < -0.3 is 11.5 Å². The van der Waals surface area contributed by atoms with Gasteiger partial charge in [-0.2, -0.15) is 0 Å². The average molecular weight is 142 g/mol. The lowest BCUT2D eigenvalue weighted by atomic mass is 10.4. The first-order valence-electron chi connectivity index (χ1n) is 2.35. The molecule has 0 saturated heterocycles. The molecule has 4 heteroatoms. The molecule has 0 saturated carbocycles. The molecule has 1 aromatic heterocycles. The zero-order valence-corrected chi connectivity index (χ0v) is 5.44. The number of amides is 1. The minimum Gasteiger partial charge on any atom is -0.391 e. The third-order valence-electron chi connectivity index (χ3n) is 0.870. The Labute approximate surface area is 56.3 Å². The van der Waals surface area contributed by atoms with Crippen molar-refractivity contribution in [3.05, 3.63) is 17.0 Å². The van der Waals surface area contributed by atoms with E-state index in [1.54, 1.807) is 12.1 Å². The van der Waals surface area contributed by atoms with Crippen molar-refractivity contribution in [1.82, 2.24) is 0 Å². The zero-order valence-electron chi connectivity index (χ0n) is 4.63. The summed E-state index contributed by atoms with van der Waals surface area (Å²) in [6.45, 7) is 0. The van der Waals surface area contributed by atoms with E-state index in [-0.39, 0.29) is 0 Å². The Morgan fingerprint density at radius 3 is 2.44 bits per heavy atom. The number of carbonyl (C=O) groups excluding carboxylic acids is 1. The van der Waals surface area contributed by atoms with Crippen molar-refractivity contribution in [2.75, 3.05) is 5.73 Å². The lowest BCUT2D eigenvalue weighted by Crippen LogP contribution is -2.07. The summed E-state index contributed by atoms with van der Waals surface area (Å²) in [7, 11) is 0. The summed E-state index contributed by atoms with van der Waals surface area (Å²) in [4.78, 5) is 10.9. The molecule has 1 aromatic rings. The molecule has 3 nitrogen and oxygen atoms in total. The van der Waals surface area contributed by atoms with Crippen LogP contribution in [-0.4, -0.2) is 5.91 Å². The van der Waals surface area contributed by atoms with E-state index in [2.05, 4.69) is 0 Å². The van der Waals surface area contributed by atoms with Crippen LogP contribution in [0.4, 0.5) is 5.00 Å². The SMILES string of the molecule is NC(=O)c1ccc(N)s1. The van der Waals surface area contributed by atoms with Crippen LogP contribution in [0.1, 0.15) is 9.67 Å². The molecule has 0 bridgehead atoms.